The maximum Gasteiger partial charge on any atom is 0.246 e. The molecular formula is C17H21N3O4S. The molecule has 0 aliphatic carbocycles. The molecule has 0 saturated carbocycles. The number of para-hydroxylation sites is 1. The molecule has 0 spiro atoms. The van der Waals surface area contributed by atoms with Gasteiger partial charge in [0.1, 0.15) is 16.7 Å². The maximum atomic E-state index is 12.9. The fourth-order valence-corrected chi connectivity index (χ4v) is 4.39. The Kier molecular flexibility index (Phi) is 5.50. The van der Waals surface area contributed by atoms with E-state index in [-0.39, 0.29) is 11.0 Å². The summed E-state index contributed by atoms with van der Waals surface area (Å²) >= 11 is 0. The van der Waals surface area contributed by atoms with E-state index in [1.807, 2.05) is 6.92 Å². The minimum atomic E-state index is -3.59. The van der Waals surface area contributed by atoms with E-state index in [0.29, 0.717) is 44.2 Å². The molecule has 134 valence electrons. The average Bonchev–Trinajstić information content (AvgIpc) is 2.64. The number of hydrogen-bond donors (Lipinski definition) is 0. The minimum absolute atomic E-state index is 0.0646. The summed E-state index contributed by atoms with van der Waals surface area (Å²) < 4.78 is 38.6. The molecule has 1 aliphatic heterocycles. The Bertz CT molecular complexity index is 791. The molecule has 0 radical (unpaired) electrons. The van der Waals surface area contributed by atoms with E-state index < -0.39 is 10.0 Å². The summed E-state index contributed by atoms with van der Waals surface area (Å²) in [5.41, 5.74) is 0. The van der Waals surface area contributed by atoms with Gasteiger partial charge >= 0.3 is 0 Å². The van der Waals surface area contributed by atoms with Crippen molar-refractivity contribution in [3.8, 4) is 11.6 Å². The molecule has 0 atom stereocenters. The van der Waals surface area contributed by atoms with Gasteiger partial charge in [-0.3, -0.25) is 0 Å². The summed E-state index contributed by atoms with van der Waals surface area (Å²) in [5, 5.41) is 7.68. The van der Waals surface area contributed by atoms with Gasteiger partial charge in [0.05, 0.1) is 6.61 Å². The van der Waals surface area contributed by atoms with Gasteiger partial charge in [-0.25, -0.2) is 8.42 Å². The summed E-state index contributed by atoms with van der Waals surface area (Å²) in [5.74, 6) is 0.855. The van der Waals surface area contributed by atoms with Gasteiger partial charge in [0.2, 0.25) is 15.9 Å². The van der Waals surface area contributed by atoms with E-state index in [4.69, 9.17) is 9.47 Å². The quantitative estimate of drug-likeness (QED) is 0.782. The smallest absolute Gasteiger partial charge is 0.246 e. The van der Waals surface area contributed by atoms with Gasteiger partial charge in [0.25, 0.3) is 0 Å². The Morgan fingerprint density at radius 2 is 1.92 bits per heavy atom. The average molecular weight is 363 g/mol. The third-order valence-corrected chi connectivity index (χ3v) is 5.94. The van der Waals surface area contributed by atoms with Crippen molar-refractivity contribution in [2.45, 2.75) is 30.8 Å². The van der Waals surface area contributed by atoms with Crippen LogP contribution in [0.15, 0.2) is 47.5 Å². The van der Waals surface area contributed by atoms with Crippen LogP contribution in [-0.2, 0) is 10.0 Å². The molecule has 8 heteroatoms. The predicted molar refractivity (Wildman–Crippen MR) is 92.1 cm³/mol. The summed E-state index contributed by atoms with van der Waals surface area (Å²) in [6, 6.07) is 10.2. The first-order valence-electron chi connectivity index (χ1n) is 8.27. The number of rotatable bonds is 6. The number of sulfonamides is 1. The fourth-order valence-electron chi connectivity index (χ4n) is 2.79. The van der Waals surface area contributed by atoms with E-state index >= 15 is 0 Å². The van der Waals surface area contributed by atoms with Gasteiger partial charge in [-0.1, -0.05) is 12.1 Å². The van der Waals surface area contributed by atoms with Crippen LogP contribution in [-0.4, -0.2) is 48.7 Å². The van der Waals surface area contributed by atoms with Crippen molar-refractivity contribution in [1.82, 2.24) is 14.5 Å². The zero-order valence-corrected chi connectivity index (χ0v) is 14.9. The zero-order valence-electron chi connectivity index (χ0n) is 14.0. The lowest BCUT2D eigenvalue weighted by molar-refractivity contribution is 0.128. The van der Waals surface area contributed by atoms with Gasteiger partial charge in [0.15, 0.2) is 0 Å². The third kappa shape index (κ3) is 4.08. The van der Waals surface area contributed by atoms with Crippen molar-refractivity contribution in [3.63, 3.8) is 0 Å². The van der Waals surface area contributed by atoms with Gasteiger partial charge in [-0.2, -0.15) is 9.40 Å². The molecule has 3 rings (SSSR count). The standard InChI is InChI=1S/C17H21N3O4S/c1-2-23-15-6-3-4-7-16(15)25(21,22)20-12-9-14(10-13-20)24-17-8-5-11-18-19-17/h3-8,11,14H,2,9-10,12-13H2,1H3. The van der Waals surface area contributed by atoms with Gasteiger partial charge in [0, 0.05) is 25.4 Å². The Morgan fingerprint density at radius 1 is 1.16 bits per heavy atom. The highest BCUT2D eigenvalue weighted by Crippen LogP contribution is 2.29. The maximum absolute atomic E-state index is 12.9. The zero-order chi connectivity index (χ0) is 17.7. The van der Waals surface area contributed by atoms with E-state index in [1.165, 1.54) is 4.31 Å². The molecule has 1 fully saturated rings. The molecular weight excluding hydrogens is 342 g/mol. The number of aromatic nitrogens is 2. The van der Waals surface area contributed by atoms with Crippen molar-refractivity contribution in [3.05, 3.63) is 42.6 Å². The minimum Gasteiger partial charge on any atom is -0.492 e. The highest BCUT2D eigenvalue weighted by Gasteiger charge is 2.32. The molecule has 2 aromatic rings. The molecule has 1 aromatic heterocycles. The van der Waals surface area contributed by atoms with Gasteiger partial charge in [-0.15, -0.1) is 5.10 Å². The molecule has 25 heavy (non-hydrogen) atoms. The van der Waals surface area contributed by atoms with Gasteiger partial charge < -0.3 is 9.47 Å². The number of ether oxygens (including phenoxy) is 2. The van der Waals surface area contributed by atoms with E-state index in [1.54, 1.807) is 42.6 Å². The SMILES string of the molecule is CCOc1ccccc1S(=O)(=O)N1CCC(Oc2cccnn2)CC1. The predicted octanol–water partition coefficient (Wildman–Crippen LogP) is 2.11. The monoisotopic (exact) mass is 363 g/mol. The second-order valence-corrected chi connectivity index (χ2v) is 7.57. The molecule has 0 N–H and O–H groups in total. The van der Waals surface area contributed by atoms with E-state index in [0.717, 1.165) is 0 Å². The second kappa shape index (κ2) is 7.79. The van der Waals surface area contributed by atoms with Crippen molar-refractivity contribution >= 4 is 10.0 Å². The number of nitrogens with zero attached hydrogens (tertiary/aromatic N) is 3. The molecule has 0 amide bonds. The fraction of sp³-hybridized carbons (Fsp3) is 0.412. The van der Waals surface area contributed by atoms with Crippen LogP contribution in [0.2, 0.25) is 0 Å². The lowest BCUT2D eigenvalue weighted by Crippen LogP contribution is -2.41. The van der Waals surface area contributed by atoms with Crippen LogP contribution in [0.25, 0.3) is 0 Å². The lowest BCUT2D eigenvalue weighted by Gasteiger charge is -2.31. The summed E-state index contributed by atoms with van der Waals surface area (Å²) in [6.07, 6.45) is 2.72. The molecule has 1 saturated heterocycles. The summed E-state index contributed by atoms with van der Waals surface area (Å²) in [4.78, 5) is 0.213. The van der Waals surface area contributed by atoms with Crippen LogP contribution >= 0.6 is 0 Å². The molecule has 1 aromatic carbocycles. The van der Waals surface area contributed by atoms with Crippen LogP contribution in [0.1, 0.15) is 19.8 Å². The normalized spacial score (nSPS) is 16.5. The van der Waals surface area contributed by atoms with Crippen molar-refractivity contribution in [2.75, 3.05) is 19.7 Å². The number of hydrogen-bond acceptors (Lipinski definition) is 6. The highest BCUT2D eigenvalue weighted by molar-refractivity contribution is 7.89. The molecule has 7 nitrogen and oxygen atoms in total. The van der Waals surface area contributed by atoms with Crippen LogP contribution < -0.4 is 9.47 Å². The second-order valence-electron chi connectivity index (χ2n) is 5.66. The van der Waals surface area contributed by atoms with Crippen molar-refractivity contribution < 1.29 is 17.9 Å². The van der Waals surface area contributed by atoms with Crippen molar-refractivity contribution in [1.29, 1.82) is 0 Å². The van der Waals surface area contributed by atoms with Crippen LogP contribution in [0.5, 0.6) is 11.6 Å². The van der Waals surface area contributed by atoms with Crippen LogP contribution in [0.4, 0.5) is 0 Å². The Hall–Kier alpha value is -2.19. The number of benzene rings is 1. The van der Waals surface area contributed by atoms with Gasteiger partial charge in [-0.05, 0) is 38.0 Å². The van der Waals surface area contributed by atoms with Crippen LogP contribution in [0.3, 0.4) is 0 Å². The molecule has 0 bridgehead atoms. The molecule has 2 heterocycles. The first-order chi connectivity index (χ1) is 12.1. The summed E-state index contributed by atoms with van der Waals surface area (Å²) in [6.45, 7) is 3.04. The lowest BCUT2D eigenvalue weighted by atomic mass is 10.1. The Labute approximate surface area is 147 Å². The van der Waals surface area contributed by atoms with Crippen LogP contribution in [0, 0.1) is 0 Å². The third-order valence-electron chi connectivity index (χ3n) is 4.00. The Balaban J connectivity index is 1.68. The topological polar surface area (TPSA) is 81.6 Å². The Morgan fingerprint density at radius 3 is 2.60 bits per heavy atom. The largest absolute Gasteiger partial charge is 0.492 e. The molecule has 0 unspecified atom stereocenters. The first kappa shape index (κ1) is 17.6. The highest BCUT2D eigenvalue weighted by atomic mass is 32.2. The number of piperidine rings is 1. The first-order valence-corrected chi connectivity index (χ1v) is 9.71. The van der Waals surface area contributed by atoms with E-state index in [2.05, 4.69) is 10.2 Å². The molecule has 1 aliphatic rings. The van der Waals surface area contributed by atoms with Crippen molar-refractivity contribution in [2.24, 2.45) is 0 Å². The van der Waals surface area contributed by atoms with E-state index in [9.17, 15) is 8.42 Å². The summed E-state index contributed by atoms with van der Waals surface area (Å²) in [7, 11) is -3.59.